The van der Waals surface area contributed by atoms with Gasteiger partial charge in [-0.05, 0) is 0 Å². The van der Waals surface area contributed by atoms with Crippen molar-refractivity contribution in [2.45, 2.75) is 12.4 Å². The van der Waals surface area contributed by atoms with Gasteiger partial charge >= 0.3 is 71.0 Å². The van der Waals surface area contributed by atoms with Gasteiger partial charge in [-0.25, -0.2) is 0 Å². The fraction of sp³-hybridized carbons (Fsp3) is 0.750. The zero-order valence-corrected chi connectivity index (χ0v) is 8.98. The van der Waals surface area contributed by atoms with E-state index in [-0.39, 0.29) is 7.55 Å². The van der Waals surface area contributed by atoms with Crippen LogP contribution >= 0.6 is 15.6 Å². The summed E-state index contributed by atoms with van der Waals surface area (Å²) in [5.41, 5.74) is 0.543. The number of rotatable bonds is 2. The minimum absolute atomic E-state index is 0.138. The Morgan fingerprint density at radius 2 is 2.27 bits per heavy atom. The Balaban J connectivity index is 2.46. The van der Waals surface area contributed by atoms with Crippen molar-refractivity contribution in [3.05, 3.63) is 0 Å². The van der Waals surface area contributed by atoms with Gasteiger partial charge in [0, 0.05) is 0 Å². The zero-order valence-electron chi connectivity index (χ0n) is 7.20. The van der Waals surface area contributed by atoms with E-state index in [1.165, 1.54) is 13.1 Å². The van der Waals surface area contributed by atoms with E-state index in [2.05, 4.69) is 24.8 Å². The normalized spacial score (nSPS) is 23.9. The third-order valence-corrected chi connectivity index (χ3v) is 5.24. The molecule has 0 aromatic rings. The standard InChI is InChI=1S/C8H15NP2/c1-7-5-9(6-7)8(10-2)11(3)4/h2,7-8H,3,5-6H2,1,4H3/q+2. The Labute approximate surface area is 71.6 Å². The van der Waals surface area contributed by atoms with Gasteiger partial charge in [-0.15, -0.1) is 0 Å². The second kappa shape index (κ2) is 3.83. The van der Waals surface area contributed by atoms with Crippen LogP contribution in [0, 0.1) is 12.0 Å². The fourth-order valence-electron chi connectivity index (χ4n) is 1.42. The summed E-state index contributed by atoms with van der Waals surface area (Å²) in [6.07, 6.45) is 9.71. The van der Waals surface area contributed by atoms with Crippen molar-refractivity contribution in [1.29, 1.82) is 0 Å². The Kier molecular flexibility index (Phi) is 3.29. The fourth-order valence-corrected chi connectivity index (χ4v) is 3.46. The molecule has 11 heavy (non-hydrogen) atoms. The van der Waals surface area contributed by atoms with E-state index in [0.29, 0.717) is 5.52 Å². The molecule has 0 radical (unpaired) electrons. The Hall–Kier alpha value is 0.340. The van der Waals surface area contributed by atoms with Gasteiger partial charge in [0.1, 0.15) is 0 Å². The van der Waals surface area contributed by atoms with E-state index < -0.39 is 0 Å². The first-order valence-corrected chi connectivity index (χ1v) is 6.90. The molecule has 1 fully saturated rings. The van der Waals surface area contributed by atoms with Crippen LogP contribution in [0.2, 0.25) is 0 Å². The molecule has 0 aromatic carbocycles. The molecule has 1 rings (SSSR count). The molecule has 60 valence electrons. The van der Waals surface area contributed by atoms with Crippen molar-refractivity contribution in [1.82, 2.24) is 4.90 Å². The van der Waals surface area contributed by atoms with Crippen LogP contribution < -0.4 is 0 Å². The van der Waals surface area contributed by atoms with E-state index in [0.717, 1.165) is 14.0 Å². The van der Waals surface area contributed by atoms with Crippen molar-refractivity contribution in [3.8, 4) is 6.13 Å². The van der Waals surface area contributed by atoms with Crippen LogP contribution in [0.15, 0.2) is 0 Å². The molecule has 2 atom stereocenters. The molecule has 0 spiro atoms. The molecule has 1 nitrogen and oxygen atoms in total. The van der Waals surface area contributed by atoms with Gasteiger partial charge in [0.2, 0.25) is 0 Å². The van der Waals surface area contributed by atoms with Crippen LogP contribution in [0.3, 0.4) is 0 Å². The maximum absolute atomic E-state index is 5.64. The first kappa shape index (κ1) is 9.43. The summed E-state index contributed by atoms with van der Waals surface area (Å²) >= 11 is 0. The van der Waals surface area contributed by atoms with E-state index in [9.17, 15) is 0 Å². The molecule has 0 amide bonds. The summed E-state index contributed by atoms with van der Waals surface area (Å²) in [5, 5.41) is 0. The quantitative estimate of drug-likeness (QED) is 0.599. The molecule has 1 aliphatic rings. The van der Waals surface area contributed by atoms with Gasteiger partial charge in [0.05, 0.1) is 0 Å². The van der Waals surface area contributed by atoms with Crippen molar-refractivity contribution in [3.63, 3.8) is 0 Å². The summed E-state index contributed by atoms with van der Waals surface area (Å²) in [6, 6.07) is 0. The van der Waals surface area contributed by atoms with E-state index in [1.54, 1.807) is 0 Å². The Morgan fingerprint density at radius 3 is 2.55 bits per heavy atom. The monoisotopic (exact) mass is 187 g/mol. The Morgan fingerprint density at radius 1 is 1.73 bits per heavy atom. The summed E-state index contributed by atoms with van der Waals surface area (Å²) in [5.74, 6) is 0.870. The van der Waals surface area contributed by atoms with Crippen LogP contribution in [-0.4, -0.2) is 36.5 Å². The molecule has 0 saturated carbocycles. The zero-order chi connectivity index (χ0) is 8.43. The molecular weight excluding hydrogens is 172 g/mol. The third kappa shape index (κ3) is 2.14. The van der Waals surface area contributed by atoms with E-state index in [4.69, 9.17) is 6.13 Å². The molecule has 1 heterocycles. The van der Waals surface area contributed by atoms with Crippen molar-refractivity contribution in [2.24, 2.45) is 5.92 Å². The summed E-state index contributed by atoms with van der Waals surface area (Å²) in [7, 11) is 0.864. The van der Waals surface area contributed by atoms with Crippen LogP contribution in [0.25, 0.3) is 0 Å². The topological polar surface area (TPSA) is 3.24 Å². The van der Waals surface area contributed by atoms with Crippen LogP contribution in [0.4, 0.5) is 0 Å². The van der Waals surface area contributed by atoms with Crippen molar-refractivity contribution >= 4 is 21.9 Å². The molecule has 2 unspecified atom stereocenters. The SMILES string of the molecule is C#[P+]C(N1CC(C)C1)[P+](=C)C. The predicted octanol–water partition coefficient (Wildman–Crippen LogP) is 2.30. The first-order chi connectivity index (χ1) is 5.15. The van der Waals surface area contributed by atoms with E-state index in [1.807, 2.05) is 0 Å². The third-order valence-electron chi connectivity index (χ3n) is 1.95. The molecule has 0 N–H and O–H groups in total. The molecule has 0 aromatic heterocycles. The van der Waals surface area contributed by atoms with Crippen molar-refractivity contribution in [2.75, 3.05) is 19.8 Å². The van der Waals surface area contributed by atoms with Gasteiger partial charge in [-0.2, -0.15) is 0 Å². The predicted molar refractivity (Wildman–Crippen MR) is 56.4 cm³/mol. The summed E-state index contributed by atoms with van der Waals surface area (Å²) in [4.78, 5) is 2.45. The van der Waals surface area contributed by atoms with Gasteiger partial charge in [-0.1, -0.05) is 0 Å². The number of nitrogens with zero attached hydrogens (tertiary/aromatic N) is 1. The second-order valence-electron chi connectivity index (χ2n) is 3.31. The summed E-state index contributed by atoms with van der Waals surface area (Å²) in [6.45, 7) is 6.92. The number of likely N-dealkylation sites (tertiary alicyclic amines) is 1. The first-order valence-electron chi connectivity index (χ1n) is 3.82. The summed E-state index contributed by atoms with van der Waals surface area (Å²) < 4.78 is 0. The van der Waals surface area contributed by atoms with Crippen LogP contribution in [0.5, 0.6) is 0 Å². The minimum atomic E-state index is -0.138. The molecule has 3 heteroatoms. The molecule has 1 saturated heterocycles. The van der Waals surface area contributed by atoms with Gasteiger partial charge in [0.15, 0.2) is 0 Å². The van der Waals surface area contributed by atoms with Crippen molar-refractivity contribution < 1.29 is 0 Å². The van der Waals surface area contributed by atoms with E-state index >= 15 is 0 Å². The van der Waals surface area contributed by atoms with Crippen LogP contribution in [0.1, 0.15) is 6.92 Å². The second-order valence-corrected chi connectivity index (χ2v) is 6.51. The molecular formula is C8H15NP2+2. The average Bonchev–Trinajstić information content (AvgIpc) is 1.85. The number of hydrogen-bond donors (Lipinski definition) is 0. The van der Waals surface area contributed by atoms with Crippen LogP contribution in [-0.2, 0) is 0 Å². The maximum atomic E-state index is 5.64. The van der Waals surface area contributed by atoms with Gasteiger partial charge < -0.3 is 0 Å². The average molecular weight is 187 g/mol. The van der Waals surface area contributed by atoms with Gasteiger partial charge in [-0.3, -0.25) is 0 Å². The molecule has 0 bridgehead atoms. The van der Waals surface area contributed by atoms with Gasteiger partial charge in [0.25, 0.3) is 0 Å². The number of hydrogen-bond acceptors (Lipinski definition) is 1. The molecule has 1 aliphatic heterocycles. The Bertz CT molecular complexity index is 201. The molecule has 0 aliphatic carbocycles.